The molecule has 0 N–H and O–H groups in total. The minimum Gasteiger partial charge on any atom is -0.457 e. The topological polar surface area (TPSA) is 14.2 Å². The fourth-order valence-electron chi connectivity index (χ4n) is 8.42. The van der Waals surface area contributed by atoms with Crippen LogP contribution in [-0.2, 0) is 5.41 Å². The SMILES string of the molecule is c1ccc(-n2c3ccccc3c3cccc(-c4ccccc4-c4ccc5c(c4)C(c4ccccc4)(c4ccccc4)c4ccccc4O5)c32)cc1. The standard InChI is InChI=1S/C49H33NO/c1-4-17-35(18-5-1)49(36-19-6-2-7-20-36)43-28-13-15-30-46(43)51-47-32-31-34(33-44(47)49)38-23-10-11-24-39(38)41-26-16-27-42-40-25-12-14-29-45(40)50(48(41)42)37-21-8-3-9-22-37/h1-33H. The minimum atomic E-state index is -0.586. The first kappa shape index (κ1) is 29.3. The zero-order chi connectivity index (χ0) is 33.8. The molecule has 51 heavy (non-hydrogen) atoms. The van der Waals surface area contributed by atoms with E-state index < -0.39 is 5.41 Å². The zero-order valence-electron chi connectivity index (χ0n) is 27.9. The van der Waals surface area contributed by atoms with Crippen LogP contribution >= 0.6 is 0 Å². The molecule has 2 nitrogen and oxygen atoms in total. The van der Waals surface area contributed by atoms with Gasteiger partial charge in [0.2, 0.25) is 0 Å². The van der Waals surface area contributed by atoms with Crippen molar-refractivity contribution < 1.29 is 4.74 Å². The summed E-state index contributed by atoms with van der Waals surface area (Å²) < 4.78 is 9.16. The van der Waals surface area contributed by atoms with E-state index in [2.05, 4.69) is 205 Å². The maximum atomic E-state index is 6.73. The maximum absolute atomic E-state index is 6.73. The second kappa shape index (κ2) is 11.8. The van der Waals surface area contributed by atoms with Gasteiger partial charge < -0.3 is 9.30 Å². The molecule has 0 spiro atoms. The highest BCUT2D eigenvalue weighted by Crippen LogP contribution is 2.56. The van der Waals surface area contributed by atoms with Crippen molar-refractivity contribution in [2.75, 3.05) is 0 Å². The summed E-state index contributed by atoms with van der Waals surface area (Å²) in [7, 11) is 0. The van der Waals surface area contributed by atoms with E-state index in [0.29, 0.717) is 0 Å². The predicted octanol–water partition coefficient (Wildman–Crippen LogP) is 12.6. The van der Waals surface area contributed by atoms with Crippen molar-refractivity contribution in [1.29, 1.82) is 0 Å². The van der Waals surface area contributed by atoms with Gasteiger partial charge in [0.05, 0.1) is 16.4 Å². The average Bonchev–Trinajstić information content (AvgIpc) is 3.55. The van der Waals surface area contributed by atoms with Gasteiger partial charge in [-0.15, -0.1) is 0 Å². The Hall–Kier alpha value is -6.64. The maximum Gasteiger partial charge on any atom is 0.132 e. The number of hydrogen-bond donors (Lipinski definition) is 0. The van der Waals surface area contributed by atoms with Gasteiger partial charge in [-0.1, -0.05) is 164 Å². The molecule has 2 heteroatoms. The summed E-state index contributed by atoms with van der Waals surface area (Å²) in [6.45, 7) is 0. The molecule has 1 aromatic heterocycles. The largest absolute Gasteiger partial charge is 0.457 e. The number of rotatable bonds is 5. The van der Waals surface area contributed by atoms with Gasteiger partial charge in [0.25, 0.3) is 0 Å². The molecule has 240 valence electrons. The lowest BCUT2D eigenvalue weighted by Gasteiger charge is -2.41. The highest BCUT2D eigenvalue weighted by molar-refractivity contribution is 6.14. The molecule has 0 bridgehead atoms. The molecule has 10 rings (SSSR count). The van der Waals surface area contributed by atoms with Crippen molar-refractivity contribution in [3.63, 3.8) is 0 Å². The molecule has 0 fully saturated rings. The van der Waals surface area contributed by atoms with Crippen LogP contribution < -0.4 is 4.74 Å². The molecule has 0 amide bonds. The van der Waals surface area contributed by atoms with Gasteiger partial charge in [0.1, 0.15) is 11.5 Å². The van der Waals surface area contributed by atoms with Crippen LogP contribution in [0.1, 0.15) is 22.3 Å². The van der Waals surface area contributed by atoms with E-state index in [1.807, 2.05) is 0 Å². The molecule has 0 saturated heterocycles. The van der Waals surface area contributed by atoms with Crippen LogP contribution in [0.3, 0.4) is 0 Å². The molecule has 0 atom stereocenters. The number of aromatic nitrogens is 1. The van der Waals surface area contributed by atoms with Crippen molar-refractivity contribution in [1.82, 2.24) is 4.57 Å². The molecule has 9 aromatic rings. The molecule has 0 radical (unpaired) electrons. The van der Waals surface area contributed by atoms with E-state index in [-0.39, 0.29) is 0 Å². The summed E-state index contributed by atoms with van der Waals surface area (Å²) in [6.07, 6.45) is 0. The number of nitrogens with zero attached hydrogens (tertiary/aromatic N) is 1. The average molecular weight is 652 g/mol. The third kappa shape index (κ3) is 4.43. The van der Waals surface area contributed by atoms with E-state index in [0.717, 1.165) is 33.9 Å². The number of fused-ring (bicyclic) bond motifs is 5. The third-order valence-corrected chi connectivity index (χ3v) is 10.5. The van der Waals surface area contributed by atoms with Gasteiger partial charge in [-0.3, -0.25) is 0 Å². The van der Waals surface area contributed by atoms with Crippen LogP contribution in [0.2, 0.25) is 0 Å². The van der Waals surface area contributed by atoms with Gasteiger partial charge in [-0.05, 0) is 64.2 Å². The van der Waals surface area contributed by atoms with E-state index >= 15 is 0 Å². The van der Waals surface area contributed by atoms with Gasteiger partial charge in [0, 0.05) is 33.2 Å². The Morgan fingerprint density at radius 1 is 0.392 bits per heavy atom. The van der Waals surface area contributed by atoms with Crippen molar-refractivity contribution in [2.24, 2.45) is 0 Å². The van der Waals surface area contributed by atoms with Gasteiger partial charge in [-0.2, -0.15) is 0 Å². The first-order valence-corrected chi connectivity index (χ1v) is 17.5. The Balaban J connectivity index is 1.25. The Kier molecular flexibility index (Phi) is 6.75. The summed E-state index contributed by atoms with van der Waals surface area (Å²) in [5.74, 6) is 1.75. The van der Waals surface area contributed by atoms with Crippen molar-refractivity contribution >= 4 is 21.8 Å². The second-order valence-corrected chi connectivity index (χ2v) is 13.2. The van der Waals surface area contributed by atoms with E-state index in [1.165, 1.54) is 49.6 Å². The summed E-state index contributed by atoms with van der Waals surface area (Å²) in [5, 5.41) is 2.49. The number of benzene rings is 8. The highest BCUT2D eigenvalue weighted by Gasteiger charge is 2.45. The third-order valence-electron chi connectivity index (χ3n) is 10.5. The zero-order valence-corrected chi connectivity index (χ0v) is 27.9. The molecule has 0 unspecified atom stereocenters. The highest BCUT2D eigenvalue weighted by atomic mass is 16.5. The van der Waals surface area contributed by atoms with Crippen LogP contribution in [-0.4, -0.2) is 4.57 Å². The van der Waals surface area contributed by atoms with Crippen LogP contribution in [0, 0.1) is 0 Å². The predicted molar refractivity (Wildman–Crippen MR) is 210 cm³/mol. The Morgan fingerprint density at radius 2 is 0.961 bits per heavy atom. The molecular weight excluding hydrogens is 619 g/mol. The molecule has 1 aliphatic heterocycles. The first-order chi connectivity index (χ1) is 25.3. The molecule has 2 heterocycles. The van der Waals surface area contributed by atoms with E-state index in [9.17, 15) is 0 Å². The molecule has 0 saturated carbocycles. The van der Waals surface area contributed by atoms with Crippen LogP contribution in [0.25, 0.3) is 49.7 Å². The van der Waals surface area contributed by atoms with Crippen molar-refractivity contribution in [3.05, 3.63) is 222 Å². The minimum absolute atomic E-state index is 0.586. The Bertz CT molecular complexity index is 2670. The lowest BCUT2D eigenvalue weighted by molar-refractivity contribution is 0.434. The summed E-state index contributed by atoms with van der Waals surface area (Å²) >= 11 is 0. The number of para-hydroxylation sites is 4. The van der Waals surface area contributed by atoms with Crippen molar-refractivity contribution in [2.45, 2.75) is 5.41 Å². The van der Waals surface area contributed by atoms with Crippen LogP contribution in [0.15, 0.2) is 200 Å². The first-order valence-electron chi connectivity index (χ1n) is 17.5. The van der Waals surface area contributed by atoms with E-state index in [4.69, 9.17) is 4.74 Å². The van der Waals surface area contributed by atoms with E-state index in [1.54, 1.807) is 0 Å². The van der Waals surface area contributed by atoms with Crippen LogP contribution in [0.5, 0.6) is 11.5 Å². The quantitative estimate of drug-likeness (QED) is 0.181. The lowest BCUT2D eigenvalue weighted by atomic mass is 9.63. The summed E-state index contributed by atoms with van der Waals surface area (Å²) in [6, 6.07) is 72.0. The number of ether oxygens (including phenoxy) is 1. The smallest absolute Gasteiger partial charge is 0.132 e. The van der Waals surface area contributed by atoms with Crippen molar-refractivity contribution in [3.8, 4) is 39.4 Å². The van der Waals surface area contributed by atoms with Gasteiger partial charge in [-0.25, -0.2) is 0 Å². The molecular formula is C49H33NO. The summed E-state index contributed by atoms with van der Waals surface area (Å²) in [5.41, 5.74) is 12.3. The second-order valence-electron chi connectivity index (χ2n) is 13.2. The number of hydrogen-bond acceptors (Lipinski definition) is 1. The Morgan fingerprint density at radius 3 is 1.73 bits per heavy atom. The molecule has 1 aliphatic rings. The normalized spacial score (nSPS) is 13.0. The molecule has 0 aliphatic carbocycles. The van der Waals surface area contributed by atoms with Crippen LogP contribution in [0.4, 0.5) is 0 Å². The van der Waals surface area contributed by atoms with Gasteiger partial charge in [0.15, 0.2) is 0 Å². The molecule has 8 aromatic carbocycles. The Labute approximate surface area is 297 Å². The van der Waals surface area contributed by atoms with Gasteiger partial charge >= 0.3 is 0 Å². The fraction of sp³-hybridized carbons (Fsp3) is 0.0204. The lowest BCUT2D eigenvalue weighted by Crippen LogP contribution is -2.34. The monoisotopic (exact) mass is 651 g/mol. The fourth-order valence-corrected chi connectivity index (χ4v) is 8.42. The summed E-state index contributed by atoms with van der Waals surface area (Å²) in [4.78, 5) is 0.